The van der Waals surface area contributed by atoms with Gasteiger partial charge in [0.05, 0.1) is 30.3 Å². The van der Waals surface area contributed by atoms with E-state index < -0.39 is 0 Å². The van der Waals surface area contributed by atoms with E-state index in [1.54, 1.807) is 42.5 Å². The highest BCUT2D eigenvalue weighted by Gasteiger charge is 2.35. The van der Waals surface area contributed by atoms with Crippen molar-refractivity contribution in [2.45, 2.75) is 39.3 Å². The molecule has 0 unspecified atom stereocenters. The Bertz CT molecular complexity index is 884. The van der Waals surface area contributed by atoms with E-state index in [2.05, 4.69) is 5.32 Å². The number of nitrogens with one attached hydrogen (secondary N) is 1. The molecule has 1 aliphatic rings. The van der Waals surface area contributed by atoms with E-state index in [0.29, 0.717) is 28.0 Å². The predicted molar refractivity (Wildman–Crippen MR) is 105 cm³/mol. The number of ether oxygens (including phenoxy) is 1. The van der Waals surface area contributed by atoms with Crippen molar-refractivity contribution in [2.75, 3.05) is 7.11 Å². The third-order valence-electron chi connectivity index (χ3n) is 5.05. The molecule has 0 fully saturated rings. The predicted octanol–water partition coefficient (Wildman–Crippen LogP) is 3.41. The number of methoxy groups -OCH3 is 1. The van der Waals surface area contributed by atoms with Crippen molar-refractivity contribution in [3.63, 3.8) is 0 Å². The van der Waals surface area contributed by atoms with Gasteiger partial charge in [-0.1, -0.05) is 32.0 Å². The SMILES string of the molecule is CCC(CC)NC(=O)c1cc(CN2C(=O)c3ccccc3C2=O)ccc1OC. The summed E-state index contributed by atoms with van der Waals surface area (Å²) in [6.07, 6.45) is 1.67. The smallest absolute Gasteiger partial charge is 0.261 e. The lowest BCUT2D eigenvalue weighted by Crippen LogP contribution is -2.34. The Kier molecular flexibility index (Phi) is 5.78. The van der Waals surface area contributed by atoms with Gasteiger partial charge >= 0.3 is 0 Å². The van der Waals surface area contributed by atoms with Gasteiger partial charge in [-0.2, -0.15) is 0 Å². The zero-order chi connectivity index (χ0) is 20.3. The molecule has 3 rings (SSSR count). The monoisotopic (exact) mass is 380 g/mol. The second kappa shape index (κ2) is 8.25. The minimum absolute atomic E-state index is 0.0806. The van der Waals surface area contributed by atoms with Gasteiger partial charge in [0, 0.05) is 6.04 Å². The van der Waals surface area contributed by atoms with Crippen LogP contribution in [0.1, 0.15) is 63.3 Å². The van der Waals surface area contributed by atoms with E-state index in [1.807, 2.05) is 13.8 Å². The first-order chi connectivity index (χ1) is 13.5. The van der Waals surface area contributed by atoms with E-state index in [0.717, 1.165) is 12.8 Å². The fourth-order valence-electron chi connectivity index (χ4n) is 3.35. The Balaban J connectivity index is 1.85. The fourth-order valence-corrected chi connectivity index (χ4v) is 3.35. The molecule has 1 N–H and O–H groups in total. The van der Waals surface area contributed by atoms with Gasteiger partial charge in [-0.15, -0.1) is 0 Å². The van der Waals surface area contributed by atoms with Crippen LogP contribution in [0.25, 0.3) is 0 Å². The number of amides is 3. The van der Waals surface area contributed by atoms with Gasteiger partial charge in [0.15, 0.2) is 0 Å². The van der Waals surface area contributed by atoms with Crippen molar-refractivity contribution in [1.82, 2.24) is 10.2 Å². The number of hydrogen-bond donors (Lipinski definition) is 1. The summed E-state index contributed by atoms with van der Waals surface area (Å²) in [6, 6.07) is 12.0. The van der Waals surface area contributed by atoms with Crippen molar-refractivity contribution in [3.8, 4) is 5.75 Å². The van der Waals surface area contributed by atoms with Gasteiger partial charge in [0.2, 0.25) is 0 Å². The average Bonchev–Trinajstić information content (AvgIpc) is 2.97. The average molecular weight is 380 g/mol. The molecule has 0 saturated carbocycles. The number of hydrogen-bond acceptors (Lipinski definition) is 4. The number of imide groups is 1. The van der Waals surface area contributed by atoms with E-state index >= 15 is 0 Å². The molecular formula is C22H24N2O4. The first-order valence-electron chi connectivity index (χ1n) is 9.43. The van der Waals surface area contributed by atoms with Crippen molar-refractivity contribution in [1.29, 1.82) is 0 Å². The summed E-state index contributed by atoms with van der Waals surface area (Å²) >= 11 is 0. The maximum atomic E-state index is 12.7. The molecule has 0 saturated heterocycles. The zero-order valence-electron chi connectivity index (χ0n) is 16.3. The van der Waals surface area contributed by atoms with E-state index in [-0.39, 0.29) is 30.3 Å². The summed E-state index contributed by atoms with van der Waals surface area (Å²) < 4.78 is 5.32. The topological polar surface area (TPSA) is 75.7 Å². The zero-order valence-corrected chi connectivity index (χ0v) is 16.3. The number of fused-ring (bicyclic) bond motifs is 1. The molecule has 0 bridgehead atoms. The Hall–Kier alpha value is -3.15. The number of nitrogens with zero attached hydrogens (tertiary/aromatic N) is 1. The first kappa shape index (κ1) is 19.6. The van der Waals surface area contributed by atoms with Crippen molar-refractivity contribution < 1.29 is 19.1 Å². The third-order valence-corrected chi connectivity index (χ3v) is 5.05. The highest BCUT2D eigenvalue weighted by molar-refractivity contribution is 6.21. The molecule has 146 valence electrons. The van der Waals surface area contributed by atoms with Crippen molar-refractivity contribution in [2.24, 2.45) is 0 Å². The number of rotatable bonds is 7. The molecular weight excluding hydrogens is 356 g/mol. The van der Waals surface area contributed by atoms with Gasteiger partial charge in [-0.3, -0.25) is 19.3 Å². The van der Waals surface area contributed by atoms with Crippen LogP contribution in [0.15, 0.2) is 42.5 Å². The molecule has 0 atom stereocenters. The van der Waals surface area contributed by atoms with Crippen LogP contribution < -0.4 is 10.1 Å². The normalized spacial score (nSPS) is 13.1. The summed E-state index contributed by atoms with van der Waals surface area (Å²) in [4.78, 5) is 39.1. The third kappa shape index (κ3) is 3.63. The van der Waals surface area contributed by atoms with Crippen molar-refractivity contribution in [3.05, 3.63) is 64.7 Å². The van der Waals surface area contributed by atoms with Crippen LogP contribution in [0.3, 0.4) is 0 Å². The first-order valence-corrected chi connectivity index (χ1v) is 9.43. The molecule has 2 aromatic rings. The Morgan fingerprint density at radius 3 is 2.18 bits per heavy atom. The molecule has 1 aliphatic heterocycles. The second-order valence-corrected chi connectivity index (χ2v) is 6.76. The highest BCUT2D eigenvalue weighted by atomic mass is 16.5. The van der Waals surface area contributed by atoms with Crippen molar-refractivity contribution >= 4 is 17.7 Å². The molecule has 6 nitrogen and oxygen atoms in total. The minimum atomic E-state index is -0.320. The summed E-state index contributed by atoms with van der Waals surface area (Å²) in [6.45, 7) is 4.14. The lowest BCUT2D eigenvalue weighted by atomic mass is 10.1. The minimum Gasteiger partial charge on any atom is -0.496 e. The number of benzene rings is 2. The van der Waals surface area contributed by atoms with E-state index in [9.17, 15) is 14.4 Å². The fraction of sp³-hybridized carbons (Fsp3) is 0.318. The molecule has 2 aromatic carbocycles. The largest absolute Gasteiger partial charge is 0.496 e. The van der Waals surface area contributed by atoms with Crippen LogP contribution >= 0.6 is 0 Å². The summed E-state index contributed by atoms with van der Waals surface area (Å²) in [5.41, 5.74) is 1.90. The molecule has 28 heavy (non-hydrogen) atoms. The van der Waals surface area contributed by atoms with Gasteiger partial charge < -0.3 is 10.1 Å². The standard InChI is InChI=1S/C22H24N2O4/c1-4-15(5-2)23-20(25)18-12-14(10-11-19(18)28-3)13-24-21(26)16-8-6-7-9-17(16)22(24)27/h6-12,15H,4-5,13H2,1-3H3,(H,23,25). The Morgan fingerprint density at radius 2 is 1.64 bits per heavy atom. The van der Waals surface area contributed by atoms with Gasteiger partial charge in [0.1, 0.15) is 5.75 Å². The quantitative estimate of drug-likeness (QED) is 0.747. The van der Waals surface area contributed by atoms with Gasteiger partial charge in [-0.05, 0) is 42.7 Å². The van der Waals surface area contributed by atoms with Crippen LogP contribution in [0.5, 0.6) is 5.75 Å². The summed E-state index contributed by atoms with van der Waals surface area (Å²) in [5.74, 6) is -0.414. The molecule has 6 heteroatoms. The number of carbonyl (C=O) groups excluding carboxylic acids is 3. The summed E-state index contributed by atoms with van der Waals surface area (Å²) in [5, 5.41) is 2.99. The Labute approximate surface area is 164 Å². The number of carbonyl (C=O) groups is 3. The van der Waals surface area contributed by atoms with Gasteiger partial charge in [0.25, 0.3) is 17.7 Å². The Morgan fingerprint density at radius 1 is 1.04 bits per heavy atom. The maximum Gasteiger partial charge on any atom is 0.261 e. The van der Waals surface area contributed by atoms with Crippen LogP contribution in [-0.2, 0) is 6.54 Å². The van der Waals surface area contributed by atoms with E-state index in [4.69, 9.17) is 4.74 Å². The molecule has 0 aliphatic carbocycles. The lowest BCUT2D eigenvalue weighted by Gasteiger charge is -2.18. The second-order valence-electron chi connectivity index (χ2n) is 6.76. The van der Waals surface area contributed by atoms with Gasteiger partial charge in [-0.25, -0.2) is 0 Å². The molecule has 0 aromatic heterocycles. The maximum absolute atomic E-state index is 12.7. The summed E-state index contributed by atoms with van der Waals surface area (Å²) in [7, 11) is 1.51. The molecule has 0 spiro atoms. The van der Waals surface area contributed by atoms with Crippen LogP contribution in [-0.4, -0.2) is 35.8 Å². The van der Waals surface area contributed by atoms with Crippen LogP contribution in [0.4, 0.5) is 0 Å². The highest BCUT2D eigenvalue weighted by Crippen LogP contribution is 2.26. The molecule has 3 amide bonds. The van der Waals surface area contributed by atoms with Crippen LogP contribution in [0, 0.1) is 0 Å². The van der Waals surface area contributed by atoms with E-state index in [1.165, 1.54) is 12.0 Å². The molecule has 0 radical (unpaired) electrons. The molecule has 1 heterocycles. The lowest BCUT2D eigenvalue weighted by molar-refractivity contribution is 0.0642. The van der Waals surface area contributed by atoms with Crippen LogP contribution in [0.2, 0.25) is 0 Å².